The Bertz CT molecular complexity index is 511. The van der Waals surface area contributed by atoms with Crippen LogP contribution in [0.5, 0.6) is 0 Å². The van der Waals surface area contributed by atoms with Crippen molar-refractivity contribution in [1.82, 2.24) is 0 Å². The molecule has 2 rings (SSSR count). The summed E-state index contributed by atoms with van der Waals surface area (Å²) in [5.41, 5.74) is 3.06. The quantitative estimate of drug-likeness (QED) is 0.682. The van der Waals surface area contributed by atoms with E-state index in [0.29, 0.717) is 11.8 Å². The molecule has 2 atom stereocenters. The number of benzene rings is 1. The molecule has 0 saturated heterocycles. The van der Waals surface area contributed by atoms with Crippen LogP contribution in [0.3, 0.4) is 0 Å². The van der Waals surface area contributed by atoms with Crippen LogP contribution in [0, 0.1) is 29.6 Å². The number of nitrogens with zero attached hydrogens (tertiary/aromatic N) is 1. The molecule has 0 fully saturated rings. The molecule has 1 aromatic rings. The lowest BCUT2D eigenvalue weighted by Crippen LogP contribution is -2.05. The highest BCUT2D eigenvalue weighted by Crippen LogP contribution is 2.37. The Kier molecular flexibility index (Phi) is 2.80. The van der Waals surface area contributed by atoms with Crippen molar-refractivity contribution in [1.29, 1.82) is 5.26 Å². The summed E-state index contributed by atoms with van der Waals surface area (Å²) in [5.74, 6) is 3.49. The van der Waals surface area contributed by atoms with Crippen molar-refractivity contribution in [3.05, 3.63) is 41.0 Å². The van der Waals surface area contributed by atoms with Gasteiger partial charge in [-0.25, -0.2) is 0 Å². The second-order valence-electron chi connectivity index (χ2n) is 4.19. The molecule has 1 aliphatic rings. The maximum Gasteiger partial charge on any atom is 0.0998 e. The summed E-state index contributed by atoms with van der Waals surface area (Å²) in [6.07, 6.45) is 10.3. The minimum Gasteiger partial charge on any atom is -0.192 e. The van der Waals surface area contributed by atoms with Crippen LogP contribution in [0.15, 0.2) is 24.3 Å². The average molecular weight is 207 g/mol. The highest BCUT2D eigenvalue weighted by Gasteiger charge is 2.23. The Morgan fingerprint density at radius 1 is 1.50 bits per heavy atom. The fourth-order valence-corrected chi connectivity index (χ4v) is 2.27. The van der Waals surface area contributed by atoms with Gasteiger partial charge in [0.05, 0.1) is 11.6 Å². The standard InChI is InChI=1S/C15H13N/c1-3-5-11(2)13-8-9-14-12(10-16)6-4-7-15(13)14/h1,4,6-9,11,13H,5H2,2H3. The normalized spacial score (nSPS) is 18.6. The highest BCUT2D eigenvalue weighted by molar-refractivity contribution is 5.68. The zero-order valence-corrected chi connectivity index (χ0v) is 9.27. The first-order valence-corrected chi connectivity index (χ1v) is 5.42. The van der Waals surface area contributed by atoms with E-state index < -0.39 is 0 Å². The van der Waals surface area contributed by atoms with Crippen molar-refractivity contribution in [2.45, 2.75) is 19.3 Å². The Morgan fingerprint density at radius 3 is 3.00 bits per heavy atom. The fraction of sp³-hybridized carbons (Fsp3) is 0.267. The summed E-state index contributed by atoms with van der Waals surface area (Å²) in [6.45, 7) is 2.16. The van der Waals surface area contributed by atoms with E-state index in [1.807, 2.05) is 18.2 Å². The summed E-state index contributed by atoms with van der Waals surface area (Å²) < 4.78 is 0. The maximum atomic E-state index is 9.01. The maximum absolute atomic E-state index is 9.01. The van der Waals surface area contributed by atoms with E-state index in [2.05, 4.69) is 31.1 Å². The Labute approximate surface area is 96.4 Å². The van der Waals surface area contributed by atoms with Gasteiger partial charge in [0.25, 0.3) is 0 Å². The van der Waals surface area contributed by atoms with E-state index in [1.54, 1.807) is 0 Å². The molecule has 1 nitrogen and oxygen atoms in total. The van der Waals surface area contributed by atoms with Crippen molar-refractivity contribution in [3.8, 4) is 18.4 Å². The van der Waals surface area contributed by atoms with Gasteiger partial charge in [-0.05, 0) is 23.1 Å². The van der Waals surface area contributed by atoms with Gasteiger partial charge in [0, 0.05) is 12.3 Å². The monoisotopic (exact) mass is 207 g/mol. The number of fused-ring (bicyclic) bond motifs is 1. The third-order valence-electron chi connectivity index (χ3n) is 3.14. The summed E-state index contributed by atoms with van der Waals surface area (Å²) in [4.78, 5) is 0. The Morgan fingerprint density at radius 2 is 2.31 bits per heavy atom. The van der Waals surface area contributed by atoms with Gasteiger partial charge in [0.2, 0.25) is 0 Å². The van der Waals surface area contributed by atoms with Crippen LogP contribution >= 0.6 is 0 Å². The average Bonchev–Trinajstić information content (AvgIpc) is 2.72. The summed E-state index contributed by atoms with van der Waals surface area (Å²) >= 11 is 0. The minimum absolute atomic E-state index is 0.361. The van der Waals surface area contributed by atoms with E-state index in [4.69, 9.17) is 11.7 Å². The van der Waals surface area contributed by atoms with E-state index >= 15 is 0 Å². The van der Waals surface area contributed by atoms with Gasteiger partial charge in [-0.1, -0.05) is 31.2 Å². The molecule has 0 spiro atoms. The molecule has 16 heavy (non-hydrogen) atoms. The van der Waals surface area contributed by atoms with Crippen molar-refractivity contribution in [3.63, 3.8) is 0 Å². The topological polar surface area (TPSA) is 23.8 Å². The molecule has 1 aromatic carbocycles. The third-order valence-corrected chi connectivity index (χ3v) is 3.14. The fourth-order valence-electron chi connectivity index (χ4n) is 2.27. The molecule has 0 aliphatic heterocycles. The zero-order chi connectivity index (χ0) is 11.5. The lowest BCUT2D eigenvalue weighted by molar-refractivity contribution is 0.544. The number of allylic oxidation sites excluding steroid dienone is 1. The second-order valence-corrected chi connectivity index (χ2v) is 4.19. The van der Waals surface area contributed by atoms with Crippen LogP contribution in [0.4, 0.5) is 0 Å². The molecule has 0 radical (unpaired) electrons. The lowest BCUT2D eigenvalue weighted by Gasteiger charge is -2.17. The highest BCUT2D eigenvalue weighted by atomic mass is 14.3. The Hall–Kier alpha value is -1.99. The number of rotatable bonds is 2. The molecule has 0 bridgehead atoms. The molecule has 78 valence electrons. The number of hydrogen-bond donors (Lipinski definition) is 0. The SMILES string of the molecule is C#CCC(C)C1C=Cc2c(C#N)cccc21. The molecule has 0 heterocycles. The number of terminal acetylenes is 1. The van der Waals surface area contributed by atoms with E-state index in [-0.39, 0.29) is 0 Å². The minimum atomic E-state index is 0.361. The van der Waals surface area contributed by atoms with Crippen LogP contribution in [-0.4, -0.2) is 0 Å². The zero-order valence-electron chi connectivity index (χ0n) is 9.27. The van der Waals surface area contributed by atoms with Crippen LogP contribution in [0.1, 0.15) is 36.0 Å². The molecule has 0 N–H and O–H groups in total. The first-order valence-electron chi connectivity index (χ1n) is 5.42. The molecule has 1 aliphatic carbocycles. The third kappa shape index (κ3) is 1.62. The predicted octanol–water partition coefficient (Wildman–Crippen LogP) is 3.33. The number of hydrogen-bond acceptors (Lipinski definition) is 1. The molecular formula is C15H13N. The van der Waals surface area contributed by atoms with Gasteiger partial charge < -0.3 is 0 Å². The van der Waals surface area contributed by atoms with Gasteiger partial charge in [-0.2, -0.15) is 5.26 Å². The van der Waals surface area contributed by atoms with Gasteiger partial charge in [-0.15, -0.1) is 12.3 Å². The molecule has 2 unspecified atom stereocenters. The van der Waals surface area contributed by atoms with E-state index in [1.165, 1.54) is 5.56 Å². The van der Waals surface area contributed by atoms with Crippen LogP contribution in [0.25, 0.3) is 6.08 Å². The van der Waals surface area contributed by atoms with Gasteiger partial charge in [-0.3, -0.25) is 0 Å². The van der Waals surface area contributed by atoms with Crippen molar-refractivity contribution in [2.24, 2.45) is 5.92 Å². The summed E-state index contributed by atoms with van der Waals surface area (Å²) in [7, 11) is 0. The predicted molar refractivity (Wildman–Crippen MR) is 65.5 cm³/mol. The molecule has 0 amide bonds. The van der Waals surface area contributed by atoms with Crippen molar-refractivity contribution >= 4 is 6.08 Å². The van der Waals surface area contributed by atoms with Gasteiger partial charge >= 0.3 is 0 Å². The van der Waals surface area contributed by atoms with Crippen LogP contribution in [-0.2, 0) is 0 Å². The molecule has 1 heteroatoms. The van der Waals surface area contributed by atoms with Gasteiger partial charge in [0.15, 0.2) is 0 Å². The Balaban J connectivity index is 2.39. The van der Waals surface area contributed by atoms with Gasteiger partial charge in [0.1, 0.15) is 0 Å². The summed E-state index contributed by atoms with van der Waals surface area (Å²) in [6, 6.07) is 8.12. The lowest BCUT2D eigenvalue weighted by atomic mass is 9.86. The smallest absolute Gasteiger partial charge is 0.0998 e. The van der Waals surface area contributed by atoms with Crippen molar-refractivity contribution in [2.75, 3.05) is 0 Å². The van der Waals surface area contributed by atoms with Crippen LogP contribution in [0.2, 0.25) is 0 Å². The first kappa shape index (κ1) is 10.5. The summed E-state index contributed by atoms with van der Waals surface area (Å²) in [5, 5.41) is 9.01. The van der Waals surface area contributed by atoms with E-state index in [9.17, 15) is 0 Å². The first-order chi connectivity index (χ1) is 7.77. The molecule has 0 aromatic heterocycles. The van der Waals surface area contributed by atoms with E-state index in [0.717, 1.165) is 17.5 Å². The number of nitriles is 1. The second kappa shape index (κ2) is 4.25. The van der Waals surface area contributed by atoms with Crippen LogP contribution < -0.4 is 0 Å². The largest absolute Gasteiger partial charge is 0.192 e. The van der Waals surface area contributed by atoms with Crippen molar-refractivity contribution < 1.29 is 0 Å². The molecular weight excluding hydrogens is 194 g/mol. The molecule has 0 saturated carbocycles.